The molecule has 1 aromatic heterocycles. The van der Waals surface area contributed by atoms with Gasteiger partial charge in [-0.05, 0) is 13.8 Å². The van der Waals surface area contributed by atoms with E-state index < -0.39 is 0 Å². The fraction of sp³-hybridized carbons (Fsp3) is 0.636. The molecular formula is C11H17N5O2. The molecular weight excluding hydrogens is 234 g/mol. The van der Waals surface area contributed by atoms with Crippen molar-refractivity contribution in [2.24, 2.45) is 5.92 Å². The Morgan fingerprint density at radius 3 is 3.00 bits per heavy atom. The normalized spacial score (nSPS) is 19.6. The molecule has 0 bridgehead atoms. The summed E-state index contributed by atoms with van der Waals surface area (Å²) in [5.41, 5.74) is 0.674. The van der Waals surface area contributed by atoms with Crippen LogP contribution in [-0.2, 0) is 16.1 Å². The van der Waals surface area contributed by atoms with Gasteiger partial charge in [0.2, 0.25) is 11.8 Å². The van der Waals surface area contributed by atoms with Gasteiger partial charge in [0.1, 0.15) is 5.69 Å². The molecule has 1 aromatic rings. The fourth-order valence-corrected chi connectivity index (χ4v) is 2.04. The van der Waals surface area contributed by atoms with Crippen LogP contribution in [-0.4, -0.2) is 44.7 Å². The molecule has 1 aliphatic rings. The second kappa shape index (κ2) is 5.16. The Morgan fingerprint density at radius 1 is 1.67 bits per heavy atom. The van der Waals surface area contributed by atoms with E-state index >= 15 is 0 Å². The van der Waals surface area contributed by atoms with Crippen molar-refractivity contribution in [3.05, 3.63) is 11.9 Å². The number of rotatable bonds is 4. The zero-order chi connectivity index (χ0) is 13.1. The van der Waals surface area contributed by atoms with Crippen LogP contribution >= 0.6 is 0 Å². The molecule has 1 fully saturated rings. The number of nitrogens with one attached hydrogen (secondary N) is 2. The summed E-state index contributed by atoms with van der Waals surface area (Å²) in [7, 11) is 0. The first-order chi connectivity index (χ1) is 8.58. The van der Waals surface area contributed by atoms with Gasteiger partial charge < -0.3 is 10.2 Å². The van der Waals surface area contributed by atoms with E-state index in [2.05, 4.69) is 20.7 Å². The molecule has 98 valence electrons. The van der Waals surface area contributed by atoms with E-state index in [1.54, 1.807) is 11.1 Å². The number of hydrogen-bond acceptors (Lipinski definition) is 4. The van der Waals surface area contributed by atoms with Crippen LogP contribution in [0, 0.1) is 5.92 Å². The Hall–Kier alpha value is -1.92. The lowest BCUT2D eigenvalue weighted by atomic mass is 10.1. The van der Waals surface area contributed by atoms with Crippen molar-refractivity contribution < 1.29 is 9.59 Å². The van der Waals surface area contributed by atoms with E-state index in [4.69, 9.17) is 0 Å². The zero-order valence-corrected chi connectivity index (χ0v) is 10.5. The average molecular weight is 251 g/mol. The summed E-state index contributed by atoms with van der Waals surface area (Å²) in [5, 5.41) is 12.7. The highest BCUT2D eigenvalue weighted by Crippen LogP contribution is 2.20. The molecule has 1 unspecified atom stereocenters. The summed E-state index contributed by atoms with van der Waals surface area (Å²) in [6.45, 7) is 4.74. The molecule has 0 saturated carbocycles. The van der Waals surface area contributed by atoms with Crippen LogP contribution in [0.3, 0.4) is 0 Å². The Balaban J connectivity index is 1.85. The van der Waals surface area contributed by atoms with Gasteiger partial charge in [-0.3, -0.25) is 9.59 Å². The summed E-state index contributed by atoms with van der Waals surface area (Å²) in [4.78, 5) is 25.3. The van der Waals surface area contributed by atoms with Gasteiger partial charge >= 0.3 is 0 Å². The molecule has 0 radical (unpaired) electrons. The minimum absolute atomic E-state index is 0.0478. The number of nitrogens with zero attached hydrogens (tertiary/aromatic N) is 3. The van der Waals surface area contributed by atoms with Crippen molar-refractivity contribution >= 4 is 11.8 Å². The number of aromatic nitrogens is 3. The summed E-state index contributed by atoms with van der Waals surface area (Å²) in [6, 6.07) is 0.144. The summed E-state index contributed by atoms with van der Waals surface area (Å²) in [6.07, 6.45) is 1.85. The molecule has 7 heteroatoms. The number of aromatic amines is 1. The van der Waals surface area contributed by atoms with E-state index in [0.717, 1.165) is 0 Å². The van der Waals surface area contributed by atoms with Crippen LogP contribution < -0.4 is 5.32 Å². The minimum Gasteiger partial charge on any atom is -0.350 e. The Kier molecular flexibility index (Phi) is 3.59. The first-order valence-corrected chi connectivity index (χ1v) is 5.99. The Labute approximate surface area is 105 Å². The van der Waals surface area contributed by atoms with Gasteiger partial charge in [0.15, 0.2) is 0 Å². The zero-order valence-electron chi connectivity index (χ0n) is 10.5. The monoisotopic (exact) mass is 251 g/mol. The largest absolute Gasteiger partial charge is 0.350 e. The maximum absolute atomic E-state index is 11.9. The summed E-state index contributed by atoms with van der Waals surface area (Å²) < 4.78 is 0. The third-order valence-electron chi connectivity index (χ3n) is 3.06. The minimum atomic E-state index is -0.258. The standard InChI is InChI=1S/C11H17N5O2/c1-7(2)16-6-8(3-10(16)17)11(18)12-4-9-5-13-15-14-9/h5,7-8H,3-4,6H2,1-2H3,(H,12,18)(H,13,14,15). The molecule has 18 heavy (non-hydrogen) atoms. The predicted molar refractivity (Wildman–Crippen MR) is 63.2 cm³/mol. The lowest BCUT2D eigenvalue weighted by Gasteiger charge is -2.20. The maximum Gasteiger partial charge on any atom is 0.225 e. The highest BCUT2D eigenvalue weighted by Gasteiger charge is 2.35. The Morgan fingerprint density at radius 2 is 2.44 bits per heavy atom. The van der Waals surface area contributed by atoms with Gasteiger partial charge in [-0.15, -0.1) is 0 Å². The van der Waals surface area contributed by atoms with E-state index in [1.807, 2.05) is 13.8 Å². The van der Waals surface area contributed by atoms with Gasteiger partial charge in [0, 0.05) is 19.0 Å². The molecule has 2 rings (SSSR count). The van der Waals surface area contributed by atoms with Gasteiger partial charge in [-0.2, -0.15) is 15.4 Å². The highest BCUT2D eigenvalue weighted by atomic mass is 16.2. The second-order valence-electron chi connectivity index (χ2n) is 4.72. The molecule has 2 N–H and O–H groups in total. The van der Waals surface area contributed by atoms with Crippen LogP contribution in [0.2, 0.25) is 0 Å². The molecule has 7 nitrogen and oxygen atoms in total. The van der Waals surface area contributed by atoms with Gasteiger partial charge in [-0.25, -0.2) is 0 Å². The van der Waals surface area contributed by atoms with E-state index in [9.17, 15) is 9.59 Å². The summed E-state index contributed by atoms with van der Waals surface area (Å²) >= 11 is 0. The van der Waals surface area contributed by atoms with Crippen LogP contribution in [0.15, 0.2) is 6.20 Å². The first kappa shape index (κ1) is 12.5. The number of likely N-dealkylation sites (tertiary alicyclic amines) is 1. The lowest BCUT2D eigenvalue weighted by Crippen LogP contribution is -2.35. The molecule has 1 aliphatic heterocycles. The number of H-pyrrole nitrogens is 1. The number of amides is 2. The number of carbonyl (C=O) groups excluding carboxylic acids is 2. The SMILES string of the molecule is CC(C)N1CC(C(=O)NCc2cn[nH]n2)CC1=O. The van der Waals surface area contributed by atoms with Crippen molar-refractivity contribution in [3.8, 4) is 0 Å². The number of hydrogen-bond donors (Lipinski definition) is 2. The summed E-state index contributed by atoms with van der Waals surface area (Å²) in [5.74, 6) is -0.312. The highest BCUT2D eigenvalue weighted by molar-refractivity contribution is 5.89. The Bertz CT molecular complexity index is 429. The van der Waals surface area contributed by atoms with E-state index in [0.29, 0.717) is 25.2 Å². The van der Waals surface area contributed by atoms with E-state index in [1.165, 1.54) is 0 Å². The van der Waals surface area contributed by atoms with Crippen LogP contribution in [0.25, 0.3) is 0 Å². The molecule has 0 spiro atoms. The molecule has 1 atom stereocenters. The molecule has 2 amide bonds. The van der Waals surface area contributed by atoms with Crippen LogP contribution in [0.1, 0.15) is 26.0 Å². The van der Waals surface area contributed by atoms with Crippen LogP contribution in [0.5, 0.6) is 0 Å². The van der Waals surface area contributed by atoms with Crippen molar-refractivity contribution in [1.29, 1.82) is 0 Å². The first-order valence-electron chi connectivity index (χ1n) is 5.99. The van der Waals surface area contributed by atoms with Gasteiger partial charge in [-0.1, -0.05) is 0 Å². The van der Waals surface area contributed by atoms with Crippen molar-refractivity contribution in [2.75, 3.05) is 6.54 Å². The quantitative estimate of drug-likeness (QED) is 0.767. The van der Waals surface area contributed by atoms with Crippen molar-refractivity contribution in [1.82, 2.24) is 25.6 Å². The third-order valence-corrected chi connectivity index (χ3v) is 3.06. The van der Waals surface area contributed by atoms with Crippen molar-refractivity contribution in [2.45, 2.75) is 32.9 Å². The molecule has 0 aliphatic carbocycles. The molecule has 1 saturated heterocycles. The van der Waals surface area contributed by atoms with Gasteiger partial charge in [0.25, 0.3) is 0 Å². The lowest BCUT2D eigenvalue weighted by molar-refractivity contribution is -0.130. The molecule has 2 heterocycles. The molecule has 0 aromatic carbocycles. The fourth-order valence-electron chi connectivity index (χ4n) is 2.04. The number of carbonyl (C=O) groups is 2. The van der Waals surface area contributed by atoms with Gasteiger partial charge in [0.05, 0.1) is 18.7 Å². The second-order valence-corrected chi connectivity index (χ2v) is 4.72. The van der Waals surface area contributed by atoms with Crippen LogP contribution in [0.4, 0.5) is 0 Å². The predicted octanol–water partition coefficient (Wildman–Crippen LogP) is -0.322. The smallest absolute Gasteiger partial charge is 0.225 e. The topological polar surface area (TPSA) is 91.0 Å². The van der Waals surface area contributed by atoms with Crippen molar-refractivity contribution in [3.63, 3.8) is 0 Å². The average Bonchev–Trinajstić information content (AvgIpc) is 2.94. The maximum atomic E-state index is 11.9. The third kappa shape index (κ3) is 2.66. The van der Waals surface area contributed by atoms with E-state index in [-0.39, 0.29) is 23.8 Å².